The summed E-state index contributed by atoms with van der Waals surface area (Å²) >= 11 is 0. The Morgan fingerprint density at radius 2 is 2.60 bits per heavy atom. The van der Waals surface area contributed by atoms with Gasteiger partial charge >= 0.3 is 0 Å². The standard InChI is InChI=1S/C6H10N2O2/c1-9-5-10-4-6-2-3-7-8-6/h2-3H,4-5H2,1H3,(H,7,8). The molecule has 0 atom stereocenters. The van der Waals surface area contributed by atoms with Crippen LogP contribution in [0.5, 0.6) is 0 Å². The molecule has 1 N–H and O–H groups in total. The van der Waals surface area contributed by atoms with Crippen molar-refractivity contribution in [3.8, 4) is 0 Å². The highest BCUT2D eigenvalue weighted by Gasteiger charge is 1.90. The fraction of sp³-hybridized carbons (Fsp3) is 0.500. The van der Waals surface area contributed by atoms with Crippen LogP contribution in [-0.2, 0) is 16.1 Å². The maximum absolute atomic E-state index is 5.03. The lowest BCUT2D eigenvalue weighted by Gasteiger charge is -1.98. The molecule has 1 heterocycles. The molecule has 1 aromatic heterocycles. The van der Waals surface area contributed by atoms with Gasteiger partial charge in [-0.3, -0.25) is 5.10 Å². The lowest BCUT2D eigenvalue weighted by atomic mass is 10.5. The number of hydrogen-bond acceptors (Lipinski definition) is 3. The van der Waals surface area contributed by atoms with E-state index in [1.807, 2.05) is 6.07 Å². The Morgan fingerprint density at radius 3 is 3.20 bits per heavy atom. The molecule has 0 saturated heterocycles. The number of aromatic nitrogens is 2. The number of H-pyrrole nitrogens is 1. The third-order valence-electron chi connectivity index (χ3n) is 1.02. The number of aromatic amines is 1. The molecule has 0 aliphatic heterocycles. The van der Waals surface area contributed by atoms with Crippen LogP contribution in [0.4, 0.5) is 0 Å². The number of methoxy groups -OCH3 is 1. The summed E-state index contributed by atoms with van der Waals surface area (Å²) in [6.07, 6.45) is 1.69. The zero-order chi connectivity index (χ0) is 7.23. The average molecular weight is 142 g/mol. The molecule has 0 fully saturated rings. The second-order valence-corrected chi connectivity index (χ2v) is 1.84. The molecule has 56 valence electrons. The van der Waals surface area contributed by atoms with Crippen LogP contribution in [0.25, 0.3) is 0 Å². The first-order valence-electron chi connectivity index (χ1n) is 2.98. The van der Waals surface area contributed by atoms with E-state index in [1.165, 1.54) is 0 Å². The fourth-order valence-electron chi connectivity index (χ4n) is 0.600. The molecule has 0 bridgehead atoms. The molecule has 0 amide bonds. The largest absolute Gasteiger partial charge is 0.359 e. The van der Waals surface area contributed by atoms with E-state index >= 15 is 0 Å². The summed E-state index contributed by atoms with van der Waals surface area (Å²) in [5.74, 6) is 0. The maximum Gasteiger partial charge on any atom is 0.146 e. The van der Waals surface area contributed by atoms with E-state index in [9.17, 15) is 0 Å². The molecule has 1 rings (SSSR count). The van der Waals surface area contributed by atoms with Gasteiger partial charge in [0.2, 0.25) is 0 Å². The Morgan fingerprint density at radius 1 is 1.70 bits per heavy atom. The number of hydrogen-bond donors (Lipinski definition) is 1. The number of ether oxygens (including phenoxy) is 2. The van der Waals surface area contributed by atoms with Crippen LogP contribution in [0.3, 0.4) is 0 Å². The zero-order valence-corrected chi connectivity index (χ0v) is 5.83. The molecular weight excluding hydrogens is 132 g/mol. The Kier molecular flexibility index (Phi) is 2.92. The highest BCUT2D eigenvalue weighted by Crippen LogP contribution is 1.93. The van der Waals surface area contributed by atoms with Crippen LogP contribution < -0.4 is 0 Å². The SMILES string of the molecule is COCOCc1ccn[nH]1. The molecule has 0 radical (unpaired) electrons. The van der Waals surface area contributed by atoms with Crippen molar-refractivity contribution in [1.82, 2.24) is 10.2 Å². The van der Waals surface area contributed by atoms with Gasteiger partial charge in [0.15, 0.2) is 0 Å². The number of nitrogens with zero attached hydrogens (tertiary/aromatic N) is 1. The van der Waals surface area contributed by atoms with Gasteiger partial charge in [0.25, 0.3) is 0 Å². The smallest absolute Gasteiger partial charge is 0.146 e. The van der Waals surface area contributed by atoms with Crippen molar-refractivity contribution in [3.63, 3.8) is 0 Å². The van der Waals surface area contributed by atoms with Crippen LogP contribution in [0, 0.1) is 0 Å². The predicted octanol–water partition coefficient (Wildman–Crippen LogP) is 0.530. The summed E-state index contributed by atoms with van der Waals surface area (Å²) in [4.78, 5) is 0. The van der Waals surface area contributed by atoms with E-state index in [1.54, 1.807) is 13.3 Å². The molecule has 4 nitrogen and oxygen atoms in total. The maximum atomic E-state index is 5.03. The van der Waals surface area contributed by atoms with Crippen molar-refractivity contribution in [3.05, 3.63) is 18.0 Å². The highest BCUT2D eigenvalue weighted by molar-refractivity contribution is 4.94. The molecule has 0 spiro atoms. The molecule has 0 aliphatic rings. The van der Waals surface area contributed by atoms with Crippen LogP contribution >= 0.6 is 0 Å². The number of rotatable bonds is 4. The Labute approximate surface area is 59.2 Å². The summed E-state index contributed by atoms with van der Waals surface area (Å²) in [7, 11) is 1.59. The lowest BCUT2D eigenvalue weighted by Crippen LogP contribution is -1.96. The summed E-state index contributed by atoms with van der Waals surface area (Å²) in [6, 6.07) is 1.86. The van der Waals surface area contributed by atoms with Gasteiger partial charge in [-0.25, -0.2) is 0 Å². The van der Waals surface area contributed by atoms with E-state index in [2.05, 4.69) is 14.9 Å². The molecule has 0 unspecified atom stereocenters. The summed E-state index contributed by atoms with van der Waals surface area (Å²) in [5, 5.41) is 6.52. The minimum atomic E-state index is 0.318. The van der Waals surface area contributed by atoms with Gasteiger partial charge in [-0.15, -0.1) is 0 Å². The third-order valence-corrected chi connectivity index (χ3v) is 1.02. The summed E-state index contributed by atoms with van der Waals surface area (Å²) < 4.78 is 9.72. The summed E-state index contributed by atoms with van der Waals surface area (Å²) in [6.45, 7) is 0.840. The Bertz CT molecular complexity index is 162. The van der Waals surface area contributed by atoms with Gasteiger partial charge in [-0.1, -0.05) is 0 Å². The van der Waals surface area contributed by atoms with E-state index < -0.39 is 0 Å². The van der Waals surface area contributed by atoms with Gasteiger partial charge < -0.3 is 9.47 Å². The van der Waals surface area contributed by atoms with Crippen LogP contribution in [0.2, 0.25) is 0 Å². The van der Waals surface area contributed by atoms with Crippen molar-refractivity contribution in [1.29, 1.82) is 0 Å². The van der Waals surface area contributed by atoms with E-state index in [4.69, 9.17) is 4.74 Å². The molecule has 0 saturated carbocycles. The van der Waals surface area contributed by atoms with Crippen molar-refractivity contribution >= 4 is 0 Å². The van der Waals surface area contributed by atoms with Crippen LogP contribution in [0.15, 0.2) is 12.3 Å². The zero-order valence-electron chi connectivity index (χ0n) is 5.83. The van der Waals surface area contributed by atoms with Crippen molar-refractivity contribution in [2.75, 3.05) is 13.9 Å². The molecule has 0 aromatic carbocycles. The Balaban J connectivity index is 2.15. The molecule has 1 aromatic rings. The van der Waals surface area contributed by atoms with Crippen molar-refractivity contribution in [2.24, 2.45) is 0 Å². The van der Waals surface area contributed by atoms with Crippen LogP contribution in [-0.4, -0.2) is 24.1 Å². The monoisotopic (exact) mass is 142 g/mol. The van der Waals surface area contributed by atoms with Crippen molar-refractivity contribution < 1.29 is 9.47 Å². The third kappa shape index (κ3) is 2.16. The average Bonchev–Trinajstić information content (AvgIpc) is 2.41. The molecular formula is C6H10N2O2. The predicted molar refractivity (Wildman–Crippen MR) is 35.3 cm³/mol. The molecule has 0 aliphatic carbocycles. The van der Waals surface area contributed by atoms with Gasteiger partial charge in [0.05, 0.1) is 12.3 Å². The molecule has 10 heavy (non-hydrogen) atoms. The fourth-order valence-corrected chi connectivity index (χ4v) is 0.600. The lowest BCUT2D eigenvalue weighted by molar-refractivity contribution is -0.0401. The minimum absolute atomic E-state index is 0.318. The van der Waals surface area contributed by atoms with Gasteiger partial charge in [0.1, 0.15) is 6.79 Å². The molecule has 4 heteroatoms. The first kappa shape index (κ1) is 7.24. The van der Waals surface area contributed by atoms with Crippen molar-refractivity contribution in [2.45, 2.75) is 6.61 Å². The second-order valence-electron chi connectivity index (χ2n) is 1.84. The van der Waals surface area contributed by atoms with E-state index in [0.717, 1.165) is 5.69 Å². The first-order valence-corrected chi connectivity index (χ1v) is 2.98. The normalized spacial score (nSPS) is 10.1. The topological polar surface area (TPSA) is 47.1 Å². The first-order chi connectivity index (χ1) is 4.93. The highest BCUT2D eigenvalue weighted by atomic mass is 16.7. The minimum Gasteiger partial charge on any atom is -0.359 e. The van der Waals surface area contributed by atoms with Gasteiger partial charge in [-0.05, 0) is 6.07 Å². The quantitative estimate of drug-likeness (QED) is 0.492. The van der Waals surface area contributed by atoms with Gasteiger partial charge in [0, 0.05) is 13.3 Å². The van der Waals surface area contributed by atoms with E-state index in [0.29, 0.717) is 13.4 Å². The van der Waals surface area contributed by atoms with E-state index in [-0.39, 0.29) is 0 Å². The summed E-state index contributed by atoms with van der Waals surface area (Å²) in [5.41, 5.74) is 0.956. The van der Waals surface area contributed by atoms with Crippen LogP contribution in [0.1, 0.15) is 5.69 Å². The van der Waals surface area contributed by atoms with Gasteiger partial charge in [-0.2, -0.15) is 5.10 Å². The second kappa shape index (κ2) is 4.03. The number of nitrogens with one attached hydrogen (secondary N) is 1. The Hall–Kier alpha value is -0.870.